The first-order chi connectivity index (χ1) is 10.9. The van der Waals surface area contributed by atoms with Crippen LogP contribution in [0.15, 0.2) is 18.2 Å². The maximum Gasteiger partial charge on any atom is 0.387 e. The molecule has 5 nitrogen and oxygen atoms in total. The fourth-order valence-electron chi connectivity index (χ4n) is 2.92. The van der Waals surface area contributed by atoms with Crippen molar-refractivity contribution in [2.24, 2.45) is 11.8 Å². The van der Waals surface area contributed by atoms with Gasteiger partial charge < -0.3 is 15.2 Å². The van der Waals surface area contributed by atoms with Crippen molar-refractivity contribution in [2.45, 2.75) is 39.2 Å². The lowest BCUT2D eigenvalue weighted by atomic mass is 9.78. The lowest BCUT2D eigenvalue weighted by Crippen LogP contribution is -2.36. The first-order valence-corrected chi connectivity index (χ1v) is 7.47. The van der Waals surface area contributed by atoms with Gasteiger partial charge in [0.05, 0.1) is 11.8 Å². The summed E-state index contributed by atoms with van der Waals surface area (Å²) in [5.74, 6) is -2.54. The molecule has 1 aliphatic carbocycles. The van der Waals surface area contributed by atoms with Crippen molar-refractivity contribution in [3.05, 3.63) is 23.8 Å². The third-order valence-electron chi connectivity index (χ3n) is 4.10. The van der Waals surface area contributed by atoms with Gasteiger partial charge in [0.2, 0.25) is 5.91 Å². The third-order valence-corrected chi connectivity index (χ3v) is 4.10. The topological polar surface area (TPSA) is 75.6 Å². The van der Waals surface area contributed by atoms with E-state index in [-0.39, 0.29) is 11.7 Å². The van der Waals surface area contributed by atoms with E-state index in [9.17, 15) is 23.5 Å². The van der Waals surface area contributed by atoms with Gasteiger partial charge in [-0.05, 0) is 43.5 Å². The number of anilines is 1. The van der Waals surface area contributed by atoms with Crippen LogP contribution >= 0.6 is 0 Å². The lowest BCUT2D eigenvalue weighted by molar-refractivity contribution is -0.147. The molecule has 2 rings (SSSR count). The van der Waals surface area contributed by atoms with Crippen LogP contribution < -0.4 is 10.1 Å². The summed E-state index contributed by atoms with van der Waals surface area (Å²) in [6.45, 7) is -1.25. The Labute approximate surface area is 132 Å². The first kappa shape index (κ1) is 17.2. The molecule has 1 aromatic rings. The van der Waals surface area contributed by atoms with Crippen LogP contribution in [0.3, 0.4) is 0 Å². The fraction of sp³-hybridized carbons (Fsp3) is 0.500. The van der Waals surface area contributed by atoms with E-state index in [1.165, 1.54) is 18.2 Å². The molecule has 2 N–H and O–H groups in total. The molecule has 2 atom stereocenters. The summed E-state index contributed by atoms with van der Waals surface area (Å²) in [5, 5.41) is 11.9. The van der Waals surface area contributed by atoms with E-state index in [4.69, 9.17) is 0 Å². The standard InChI is InChI=1S/C16H19F2NO4/c1-9-8-10(23-16(17)18)6-7-13(9)19-14(20)11-4-2-3-5-12(11)15(21)22/h6-8,11-12,16H,2-5H2,1H3,(H,19,20)(H,21,22)/t11-,12-/m1/s1. The number of carbonyl (C=O) groups excluding carboxylic acids is 1. The Morgan fingerprint density at radius 1 is 1.26 bits per heavy atom. The van der Waals surface area contributed by atoms with Crippen molar-refractivity contribution in [1.82, 2.24) is 0 Å². The van der Waals surface area contributed by atoms with Gasteiger partial charge in [0.1, 0.15) is 5.75 Å². The van der Waals surface area contributed by atoms with Crippen molar-refractivity contribution >= 4 is 17.6 Å². The Balaban J connectivity index is 2.08. The van der Waals surface area contributed by atoms with Gasteiger partial charge in [0, 0.05) is 5.69 Å². The molecule has 126 valence electrons. The molecule has 0 unspecified atom stereocenters. The minimum Gasteiger partial charge on any atom is -0.481 e. The highest BCUT2D eigenvalue weighted by atomic mass is 19.3. The Bertz CT molecular complexity index is 591. The second-order valence-corrected chi connectivity index (χ2v) is 5.68. The van der Waals surface area contributed by atoms with Gasteiger partial charge in [-0.1, -0.05) is 12.8 Å². The number of carbonyl (C=O) groups is 2. The highest BCUT2D eigenvalue weighted by Gasteiger charge is 2.35. The lowest BCUT2D eigenvalue weighted by Gasteiger charge is -2.27. The van der Waals surface area contributed by atoms with Crippen LogP contribution in [-0.4, -0.2) is 23.6 Å². The molecule has 0 radical (unpaired) electrons. The van der Waals surface area contributed by atoms with E-state index in [2.05, 4.69) is 10.1 Å². The monoisotopic (exact) mass is 327 g/mol. The summed E-state index contributed by atoms with van der Waals surface area (Å²) in [6, 6.07) is 4.21. The SMILES string of the molecule is Cc1cc(OC(F)F)ccc1NC(=O)[C@@H]1CCCC[C@H]1C(=O)O. The summed E-state index contributed by atoms with van der Waals surface area (Å²) in [6.07, 6.45) is 2.66. The van der Waals surface area contributed by atoms with Gasteiger partial charge in [-0.25, -0.2) is 0 Å². The van der Waals surface area contributed by atoms with E-state index < -0.39 is 24.4 Å². The number of carboxylic acid groups (broad SMARTS) is 1. The zero-order valence-electron chi connectivity index (χ0n) is 12.7. The van der Waals surface area contributed by atoms with E-state index >= 15 is 0 Å². The van der Waals surface area contributed by atoms with E-state index in [0.717, 1.165) is 12.8 Å². The van der Waals surface area contributed by atoms with Gasteiger partial charge in [-0.3, -0.25) is 9.59 Å². The Hall–Kier alpha value is -2.18. The molecule has 7 heteroatoms. The Morgan fingerprint density at radius 2 is 1.91 bits per heavy atom. The number of amides is 1. The van der Waals surface area contributed by atoms with Crippen molar-refractivity contribution < 1.29 is 28.2 Å². The summed E-state index contributed by atoms with van der Waals surface area (Å²) in [4.78, 5) is 23.6. The van der Waals surface area contributed by atoms with Crippen LogP contribution in [0, 0.1) is 18.8 Å². The second kappa shape index (κ2) is 7.39. The summed E-state index contributed by atoms with van der Waals surface area (Å²) < 4.78 is 28.6. The normalized spacial score (nSPS) is 21.0. The maximum atomic E-state index is 12.4. The number of carboxylic acids is 1. The van der Waals surface area contributed by atoms with Crippen LogP contribution in [0.1, 0.15) is 31.2 Å². The quantitative estimate of drug-likeness (QED) is 0.869. The molecule has 0 aliphatic heterocycles. The molecule has 23 heavy (non-hydrogen) atoms. The molecule has 1 aromatic carbocycles. The van der Waals surface area contributed by atoms with Gasteiger partial charge >= 0.3 is 12.6 Å². The number of hydrogen-bond acceptors (Lipinski definition) is 3. The molecule has 1 saturated carbocycles. The molecule has 0 heterocycles. The molecule has 0 aromatic heterocycles. The first-order valence-electron chi connectivity index (χ1n) is 7.47. The van der Waals surface area contributed by atoms with Crippen LogP contribution in [-0.2, 0) is 9.59 Å². The number of nitrogens with one attached hydrogen (secondary N) is 1. The van der Waals surface area contributed by atoms with Crippen molar-refractivity contribution in [3.63, 3.8) is 0 Å². The number of halogens is 2. The molecule has 0 spiro atoms. The van der Waals surface area contributed by atoms with E-state index in [1.807, 2.05) is 0 Å². The Kier molecular flexibility index (Phi) is 5.52. The zero-order chi connectivity index (χ0) is 17.0. The number of ether oxygens (including phenoxy) is 1. The fourth-order valence-corrected chi connectivity index (χ4v) is 2.92. The van der Waals surface area contributed by atoms with Gasteiger partial charge in [-0.15, -0.1) is 0 Å². The number of aliphatic carboxylic acids is 1. The van der Waals surface area contributed by atoms with Crippen molar-refractivity contribution in [2.75, 3.05) is 5.32 Å². The smallest absolute Gasteiger partial charge is 0.387 e. The average Bonchev–Trinajstić information content (AvgIpc) is 2.49. The van der Waals surface area contributed by atoms with Crippen LogP contribution in [0.25, 0.3) is 0 Å². The largest absolute Gasteiger partial charge is 0.481 e. The van der Waals surface area contributed by atoms with Gasteiger partial charge in [-0.2, -0.15) is 8.78 Å². The molecular formula is C16H19F2NO4. The predicted octanol–water partition coefficient (Wildman–Crippen LogP) is 3.43. The van der Waals surface area contributed by atoms with Crippen LogP contribution in [0.5, 0.6) is 5.75 Å². The highest BCUT2D eigenvalue weighted by molar-refractivity contribution is 5.95. The number of aryl methyl sites for hydroxylation is 1. The van der Waals surface area contributed by atoms with Crippen molar-refractivity contribution in [1.29, 1.82) is 0 Å². The van der Waals surface area contributed by atoms with E-state index in [0.29, 0.717) is 24.1 Å². The van der Waals surface area contributed by atoms with Gasteiger partial charge in [0.15, 0.2) is 0 Å². The molecule has 1 aliphatic rings. The van der Waals surface area contributed by atoms with E-state index in [1.54, 1.807) is 6.92 Å². The molecular weight excluding hydrogens is 308 g/mol. The molecule has 0 bridgehead atoms. The van der Waals surface area contributed by atoms with Crippen molar-refractivity contribution in [3.8, 4) is 5.75 Å². The van der Waals surface area contributed by atoms with Crippen LogP contribution in [0.4, 0.5) is 14.5 Å². The summed E-state index contributed by atoms with van der Waals surface area (Å²) in [5.41, 5.74) is 1.03. The molecule has 1 fully saturated rings. The second-order valence-electron chi connectivity index (χ2n) is 5.68. The minimum atomic E-state index is -2.91. The van der Waals surface area contributed by atoms with Crippen LogP contribution in [0.2, 0.25) is 0 Å². The number of hydrogen-bond donors (Lipinski definition) is 2. The molecule has 0 saturated heterocycles. The zero-order valence-corrected chi connectivity index (χ0v) is 12.7. The Morgan fingerprint density at radius 3 is 2.48 bits per heavy atom. The molecule has 1 amide bonds. The van der Waals surface area contributed by atoms with Gasteiger partial charge in [0.25, 0.3) is 0 Å². The highest BCUT2D eigenvalue weighted by Crippen LogP contribution is 2.32. The average molecular weight is 327 g/mol. The summed E-state index contributed by atoms with van der Waals surface area (Å²) >= 11 is 0. The third kappa shape index (κ3) is 4.40. The number of rotatable bonds is 5. The number of benzene rings is 1. The summed E-state index contributed by atoms with van der Waals surface area (Å²) in [7, 11) is 0. The minimum absolute atomic E-state index is 0.0107. The maximum absolute atomic E-state index is 12.4. The number of alkyl halides is 2. The predicted molar refractivity (Wildman–Crippen MR) is 79.5 cm³/mol.